The average Bonchev–Trinajstić information content (AvgIpc) is 2.84. The van der Waals surface area contributed by atoms with Crippen LogP contribution in [-0.2, 0) is 11.3 Å². The lowest BCUT2D eigenvalue weighted by Crippen LogP contribution is -2.30. The first-order valence-corrected chi connectivity index (χ1v) is 10.1. The van der Waals surface area contributed by atoms with Crippen LogP contribution in [0, 0.1) is 0 Å². The third-order valence-electron chi connectivity index (χ3n) is 4.93. The molecule has 6 nitrogen and oxygen atoms in total. The molecule has 1 amide bonds. The molecule has 0 bridgehead atoms. The number of rotatable bonds is 7. The van der Waals surface area contributed by atoms with E-state index in [-0.39, 0.29) is 5.91 Å². The standard InChI is InChI=1S/C25H23N5O/c1-26-22-15-21(29-24(30-22)20-13-8-14-27-16-20)17-28-25(31)23(18-9-4-2-5-10-18)19-11-6-3-7-12-19/h2-16,23H,17H2,1H3,(H,28,31)(H,26,29,30). The molecule has 0 unspecified atom stereocenters. The van der Waals surface area contributed by atoms with E-state index in [4.69, 9.17) is 0 Å². The largest absolute Gasteiger partial charge is 0.373 e. The van der Waals surface area contributed by atoms with E-state index in [1.807, 2.05) is 78.9 Å². The summed E-state index contributed by atoms with van der Waals surface area (Å²) in [5.74, 6) is 0.767. The molecule has 0 saturated heterocycles. The van der Waals surface area contributed by atoms with Gasteiger partial charge in [0.25, 0.3) is 0 Å². The highest BCUT2D eigenvalue weighted by atomic mass is 16.1. The van der Waals surface area contributed by atoms with Gasteiger partial charge in [0.1, 0.15) is 5.82 Å². The fourth-order valence-corrected chi connectivity index (χ4v) is 3.41. The van der Waals surface area contributed by atoms with Gasteiger partial charge in [-0.3, -0.25) is 9.78 Å². The van der Waals surface area contributed by atoms with Gasteiger partial charge in [-0.05, 0) is 23.3 Å². The van der Waals surface area contributed by atoms with Crippen molar-refractivity contribution in [1.29, 1.82) is 0 Å². The molecule has 4 rings (SSSR count). The summed E-state index contributed by atoms with van der Waals surface area (Å²) in [7, 11) is 1.80. The molecule has 0 saturated carbocycles. The summed E-state index contributed by atoms with van der Waals surface area (Å²) in [4.78, 5) is 26.5. The molecular weight excluding hydrogens is 386 g/mol. The van der Waals surface area contributed by atoms with Crippen molar-refractivity contribution in [2.45, 2.75) is 12.5 Å². The van der Waals surface area contributed by atoms with Gasteiger partial charge in [-0.1, -0.05) is 60.7 Å². The summed E-state index contributed by atoms with van der Waals surface area (Å²) in [5, 5.41) is 6.11. The van der Waals surface area contributed by atoms with Gasteiger partial charge in [0.15, 0.2) is 5.82 Å². The lowest BCUT2D eigenvalue weighted by atomic mass is 9.90. The smallest absolute Gasteiger partial charge is 0.232 e. The minimum atomic E-state index is -0.397. The van der Waals surface area contributed by atoms with Gasteiger partial charge in [-0.2, -0.15) is 0 Å². The normalized spacial score (nSPS) is 10.6. The highest BCUT2D eigenvalue weighted by Crippen LogP contribution is 2.25. The lowest BCUT2D eigenvalue weighted by molar-refractivity contribution is -0.121. The van der Waals surface area contributed by atoms with Gasteiger partial charge in [0.05, 0.1) is 18.2 Å². The van der Waals surface area contributed by atoms with Crippen LogP contribution in [0.1, 0.15) is 22.7 Å². The van der Waals surface area contributed by atoms with Crippen molar-refractivity contribution in [3.05, 3.63) is 108 Å². The summed E-state index contributed by atoms with van der Waals surface area (Å²) < 4.78 is 0. The zero-order valence-corrected chi connectivity index (χ0v) is 17.2. The molecule has 0 radical (unpaired) electrons. The van der Waals surface area contributed by atoms with Crippen LogP contribution < -0.4 is 10.6 Å². The number of benzene rings is 2. The SMILES string of the molecule is CNc1cc(CNC(=O)C(c2ccccc2)c2ccccc2)nc(-c2cccnc2)n1. The number of nitrogens with one attached hydrogen (secondary N) is 2. The second kappa shape index (κ2) is 9.63. The summed E-state index contributed by atoms with van der Waals surface area (Å²) in [6, 6.07) is 25.2. The number of aromatic nitrogens is 3. The minimum Gasteiger partial charge on any atom is -0.373 e. The molecule has 0 atom stereocenters. The van der Waals surface area contributed by atoms with Crippen molar-refractivity contribution < 1.29 is 4.79 Å². The molecular formula is C25H23N5O. The van der Waals surface area contributed by atoms with E-state index in [1.54, 1.807) is 19.4 Å². The van der Waals surface area contributed by atoms with Crippen LogP contribution in [0.2, 0.25) is 0 Å². The van der Waals surface area contributed by atoms with Gasteiger partial charge in [0.2, 0.25) is 5.91 Å². The molecule has 0 aliphatic rings. The van der Waals surface area contributed by atoms with E-state index in [2.05, 4.69) is 25.6 Å². The maximum Gasteiger partial charge on any atom is 0.232 e. The Kier molecular flexibility index (Phi) is 6.28. The molecule has 154 valence electrons. The lowest BCUT2D eigenvalue weighted by Gasteiger charge is -2.18. The summed E-state index contributed by atoms with van der Waals surface area (Å²) >= 11 is 0. The van der Waals surface area contributed by atoms with Crippen molar-refractivity contribution >= 4 is 11.7 Å². The Morgan fingerprint density at radius 2 is 1.58 bits per heavy atom. The zero-order chi connectivity index (χ0) is 21.5. The van der Waals surface area contributed by atoms with Crippen molar-refractivity contribution in [2.75, 3.05) is 12.4 Å². The second-order valence-corrected chi connectivity index (χ2v) is 7.03. The van der Waals surface area contributed by atoms with Crippen LogP contribution in [0.25, 0.3) is 11.4 Å². The van der Waals surface area contributed by atoms with Crippen LogP contribution in [0.3, 0.4) is 0 Å². The summed E-state index contributed by atoms with van der Waals surface area (Å²) in [6.45, 7) is 0.291. The number of nitrogens with zero attached hydrogens (tertiary/aromatic N) is 3. The quantitative estimate of drug-likeness (QED) is 0.482. The summed E-state index contributed by atoms with van der Waals surface area (Å²) in [5.41, 5.74) is 3.42. The number of anilines is 1. The van der Waals surface area contributed by atoms with Gasteiger partial charge in [-0.25, -0.2) is 9.97 Å². The number of hydrogen-bond acceptors (Lipinski definition) is 5. The van der Waals surface area contributed by atoms with E-state index < -0.39 is 5.92 Å². The Labute approximate surface area is 181 Å². The Morgan fingerprint density at radius 3 is 2.16 bits per heavy atom. The molecule has 0 aliphatic heterocycles. The van der Waals surface area contributed by atoms with Crippen molar-refractivity contribution in [3.8, 4) is 11.4 Å². The Bertz CT molecular complexity index is 1090. The number of pyridine rings is 1. The van der Waals surface area contributed by atoms with E-state index in [0.29, 0.717) is 23.9 Å². The van der Waals surface area contributed by atoms with Crippen LogP contribution in [0.15, 0.2) is 91.3 Å². The van der Waals surface area contributed by atoms with Crippen LogP contribution in [0.5, 0.6) is 0 Å². The third kappa shape index (κ3) is 4.93. The first-order chi connectivity index (χ1) is 15.2. The maximum atomic E-state index is 13.2. The maximum absolute atomic E-state index is 13.2. The van der Waals surface area contributed by atoms with Crippen LogP contribution in [-0.4, -0.2) is 27.9 Å². The minimum absolute atomic E-state index is 0.0788. The summed E-state index contributed by atoms with van der Waals surface area (Å²) in [6.07, 6.45) is 3.43. The number of amides is 1. The predicted molar refractivity (Wildman–Crippen MR) is 121 cm³/mol. The molecule has 31 heavy (non-hydrogen) atoms. The van der Waals surface area contributed by atoms with Crippen LogP contribution in [0.4, 0.5) is 5.82 Å². The Balaban J connectivity index is 1.58. The monoisotopic (exact) mass is 409 g/mol. The number of hydrogen-bond donors (Lipinski definition) is 2. The molecule has 2 N–H and O–H groups in total. The van der Waals surface area contributed by atoms with E-state index >= 15 is 0 Å². The van der Waals surface area contributed by atoms with Crippen molar-refractivity contribution in [3.63, 3.8) is 0 Å². The van der Waals surface area contributed by atoms with Crippen molar-refractivity contribution in [2.24, 2.45) is 0 Å². The van der Waals surface area contributed by atoms with Gasteiger partial charge < -0.3 is 10.6 Å². The fourth-order valence-electron chi connectivity index (χ4n) is 3.41. The molecule has 2 heterocycles. The number of carbonyl (C=O) groups excluding carboxylic acids is 1. The van der Waals surface area contributed by atoms with Crippen molar-refractivity contribution in [1.82, 2.24) is 20.3 Å². The molecule has 2 aromatic carbocycles. The topological polar surface area (TPSA) is 79.8 Å². The second-order valence-electron chi connectivity index (χ2n) is 7.03. The van der Waals surface area contributed by atoms with E-state index in [0.717, 1.165) is 16.7 Å². The van der Waals surface area contributed by atoms with Gasteiger partial charge >= 0.3 is 0 Å². The average molecular weight is 409 g/mol. The van der Waals surface area contributed by atoms with Gasteiger partial charge in [0, 0.05) is 31.1 Å². The molecule has 0 aliphatic carbocycles. The van der Waals surface area contributed by atoms with E-state index in [9.17, 15) is 4.79 Å². The van der Waals surface area contributed by atoms with E-state index in [1.165, 1.54) is 0 Å². The Hall–Kier alpha value is -4.06. The molecule has 2 aromatic heterocycles. The van der Waals surface area contributed by atoms with Crippen LogP contribution >= 0.6 is 0 Å². The highest BCUT2D eigenvalue weighted by Gasteiger charge is 2.22. The molecule has 4 aromatic rings. The third-order valence-corrected chi connectivity index (χ3v) is 4.93. The zero-order valence-electron chi connectivity index (χ0n) is 17.2. The molecule has 0 spiro atoms. The highest BCUT2D eigenvalue weighted by molar-refractivity contribution is 5.87. The number of carbonyl (C=O) groups is 1. The molecule has 0 fully saturated rings. The fraction of sp³-hybridized carbons (Fsp3) is 0.120. The molecule has 6 heteroatoms. The Morgan fingerprint density at radius 1 is 0.903 bits per heavy atom. The van der Waals surface area contributed by atoms with Gasteiger partial charge in [-0.15, -0.1) is 0 Å². The first-order valence-electron chi connectivity index (χ1n) is 10.1. The first kappa shape index (κ1) is 20.2. The predicted octanol–water partition coefficient (Wildman–Crippen LogP) is 4.03.